The lowest BCUT2D eigenvalue weighted by molar-refractivity contribution is 0.0456. The van der Waals surface area contributed by atoms with Crippen LogP contribution in [0.3, 0.4) is 0 Å². The molecule has 30 heavy (non-hydrogen) atoms. The molecular weight excluding hydrogens is 382 g/mol. The Bertz CT molecular complexity index is 692. The lowest BCUT2D eigenvalue weighted by Gasteiger charge is -2.45. The molecule has 0 spiro atoms. The summed E-state index contributed by atoms with van der Waals surface area (Å²) in [5.74, 6) is 0.137. The van der Waals surface area contributed by atoms with Crippen molar-refractivity contribution in [3.63, 3.8) is 0 Å². The third-order valence-corrected chi connectivity index (χ3v) is 6.30. The molecule has 2 saturated heterocycles. The van der Waals surface area contributed by atoms with Crippen molar-refractivity contribution in [3.05, 3.63) is 29.8 Å². The molecule has 0 saturated carbocycles. The summed E-state index contributed by atoms with van der Waals surface area (Å²) in [4.78, 5) is 29.3. The highest BCUT2D eigenvalue weighted by atomic mass is 16.5. The number of ether oxygens (including phenoxy) is 2. The summed E-state index contributed by atoms with van der Waals surface area (Å²) in [5.41, 5.74) is 1.14. The third kappa shape index (κ3) is 5.95. The van der Waals surface area contributed by atoms with Crippen molar-refractivity contribution in [2.75, 3.05) is 52.3 Å². The summed E-state index contributed by atoms with van der Waals surface area (Å²) in [5, 5.41) is 3.00. The molecule has 1 N–H and O–H groups in total. The van der Waals surface area contributed by atoms with Crippen molar-refractivity contribution in [1.29, 1.82) is 0 Å². The van der Waals surface area contributed by atoms with Crippen molar-refractivity contribution < 1.29 is 19.1 Å². The minimum Gasteiger partial charge on any atom is -0.465 e. The first-order valence-electron chi connectivity index (χ1n) is 11.1. The van der Waals surface area contributed by atoms with Gasteiger partial charge >= 0.3 is 12.0 Å². The fourth-order valence-electron chi connectivity index (χ4n) is 4.76. The minimum absolute atomic E-state index is 0.0927. The van der Waals surface area contributed by atoms with Crippen molar-refractivity contribution >= 4 is 17.7 Å². The summed E-state index contributed by atoms with van der Waals surface area (Å²) in [6.45, 7) is 4.48. The number of carbonyl (C=O) groups is 2. The Balaban J connectivity index is 1.64. The lowest BCUT2D eigenvalue weighted by Crippen LogP contribution is -2.52. The molecule has 1 aromatic carbocycles. The zero-order chi connectivity index (χ0) is 21.3. The molecular formula is C23H35N3O4. The first kappa shape index (κ1) is 22.6. The molecule has 2 aliphatic heterocycles. The van der Waals surface area contributed by atoms with Crippen LogP contribution in [0.5, 0.6) is 0 Å². The Morgan fingerprint density at radius 3 is 2.60 bits per heavy atom. The first-order chi connectivity index (χ1) is 14.6. The van der Waals surface area contributed by atoms with Crippen LogP contribution in [0.4, 0.5) is 10.5 Å². The Morgan fingerprint density at radius 2 is 1.87 bits per heavy atom. The highest BCUT2D eigenvalue weighted by molar-refractivity contribution is 5.92. The smallest absolute Gasteiger partial charge is 0.337 e. The second-order valence-corrected chi connectivity index (χ2v) is 8.29. The number of benzene rings is 1. The number of nitrogens with zero attached hydrogens (tertiary/aromatic N) is 2. The fourth-order valence-corrected chi connectivity index (χ4v) is 4.76. The van der Waals surface area contributed by atoms with Crippen molar-refractivity contribution in [2.24, 2.45) is 5.92 Å². The van der Waals surface area contributed by atoms with Gasteiger partial charge in [-0.3, -0.25) is 0 Å². The Hall–Kier alpha value is -2.12. The van der Waals surface area contributed by atoms with Crippen LogP contribution in [0.2, 0.25) is 0 Å². The number of nitrogens with one attached hydrogen (secondary N) is 1. The van der Waals surface area contributed by atoms with Gasteiger partial charge in [0, 0.05) is 38.5 Å². The summed E-state index contributed by atoms with van der Waals surface area (Å²) in [7, 11) is 3.04. The summed E-state index contributed by atoms with van der Waals surface area (Å²) < 4.78 is 9.93. The number of hydrogen-bond donors (Lipinski definition) is 1. The van der Waals surface area contributed by atoms with Crippen LogP contribution in [0.25, 0.3) is 0 Å². The zero-order valence-corrected chi connectivity index (χ0v) is 18.3. The van der Waals surface area contributed by atoms with E-state index in [4.69, 9.17) is 9.47 Å². The topological polar surface area (TPSA) is 71.1 Å². The van der Waals surface area contributed by atoms with Crippen LogP contribution < -0.4 is 5.32 Å². The van der Waals surface area contributed by atoms with Crippen LogP contribution in [-0.2, 0) is 9.47 Å². The molecule has 2 amide bonds. The van der Waals surface area contributed by atoms with E-state index in [1.54, 1.807) is 31.4 Å². The SMILES string of the molecule is COCCCN(CC1CCCN2CCCCC12)C(=O)Nc1ccc(C(=O)OC)cc1. The summed E-state index contributed by atoms with van der Waals surface area (Å²) >= 11 is 0. The van der Waals surface area contributed by atoms with Gasteiger partial charge in [0.1, 0.15) is 0 Å². The molecule has 2 atom stereocenters. The van der Waals surface area contributed by atoms with Gasteiger partial charge in [0.05, 0.1) is 12.7 Å². The van der Waals surface area contributed by atoms with E-state index in [9.17, 15) is 9.59 Å². The van der Waals surface area contributed by atoms with E-state index in [-0.39, 0.29) is 12.0 Å². The van der Waals surface area contributed by atoms with E-state index in [0.29, 0.717) is 36.4 Å². The van der Waals surface area contributed by atoms with E-state index in [0.717, 1.165) is 13.0 Å². The lowest BCUT2D eigenvalue weighted by atomic mass is 9.83. The predicted octanol–water partition coefficient (Wildman–Crippen LogP) is 3.61. The van der Waals surface area contributed by atoms with Crippen molar-refractivity contribution in [1.82, 2.24) is 9.80 Å². The molecule has 7 nitrogen and oxygen atoms in total. The first-order valence-corrected chi connectivity index (χ1v) is 11.1. The fraction of sp³-hybridized carbons (Fsp3) is 0.652. The van der Waals surface area contributed by atoms with Crippen molar-refractivity contribution in [3.8, 4) is 0 Å². The molecule has 166 valence electrons. The molecule has 7 heteroatoms. The molecule has 2 fully saturated rings. The van der Waals surface area contributed by atoms with Gasteiger partial charge in [-0.05, 0) is 75.4 Å². The summed E-state index contributed by atoms with van der Waals surface area (Å²) in [6, 6.07) is 7.31. The quantitative estimate of drug-likeness (QED) is 0.517. The molecule has 2 unspecified atom stereocenters. The zero-order valence-electron chi connectivity index (χ0n) is 18.3. The van der Waals surface area contributed by atoms with Gasteiger partial charge in [0.25, 0.3) is 0 Å². The van der Waals surface area contributed by atoms with Crippen LogP contribution in [0.1, 0.15) is 48.9 Å². The standard InChI is InChI=1S/C23H35N3O4/c1-29-16-6-15-26(17-19-7-5-14-25-13-4-3-8-21(19)25)23(28)24-20-11-9-18(10-12-20)22(27)30-2/h9-12,19,21H,3-8,13-17H2,1-2H3,(H,24,28). The molecule has 3 rings (SSSR count). The Morgan fingerprint density at radius 1 is 1.10 bits per heavy atom. The maximum atomic E-state index is 13.1. The van der Waals surface area contributed by atoms with Gasteiger partial charge in [-0.2, -0.15) is 0 Å². The minimum atomic E-state index is -0.386. The van der Waals surface area contributed by atoms with Crippen LogP contribution in [0, 0.1) is 5.92 Å². The number of anilines is 1. The normalized spacial score (nSPS) is 21.5. The molecule has 0 aromatic heterocycles. The number of carbonyl (C=O) groups excluding carboxylic acids is 2. The monoisotopic (exact) mass is 417 g/mol. The average molecular weight is 418 g/mol. The van der Waals surface area contributed by atoms with Gasteiger partial charge in [0.2, 0.25) is 0 Å². The number of fused-ring (bicyclic) bond motifs is 1. The van der Waals surface area contributed by atoms with E-state index in [1.807, 2.05) is 4.90 Å². The van der Waals surface area contributed by atoms with Crippen molar-refractivity contribution in [2.45, 2.75) is 44.6 Å². The number of hydrogen-bond acceptors (Lipinski definition) is 5. The second-order valence-electron chi connectivity index (χ2n) is 8.29. The summed E-state index contributed by atoms with van der Waals surface area (Å²) in [6.07, 6.45) is 7.04. The number of urea groups is 1. The molecule has 0 bridgehead atoms. The highest BCUT2D eigenvalue weighted by Gasteiger charge is 2.34. The van der Waals surface area contributed by atoms with E-state index >= 15 is 0 Å². The van der Waals surface area contributed by atoms with Gasteiger partial charge in [-0.15, -0.1) is 0 Å². The van der Waals surface area contributed by atoms with Crippen LogP contribution in [0.15, 0.2) is 24.3 Å². The largest absolute Gasteiger partial charge is 0.465 e. The Kier molecular flexibility index (Phi) is 8.51. The van der Waals surface area contributed by atoms with Gasteiger partial charge in [-0.25, -0.2) is 9.59 Å². The molecule has 0 radical (unpaired) electrons. The van der Waals surface area contributed by atoms with Gasteiger partial charge in [0.15, 0.2) is 0 Å². The van der Waals surface area contributed by atoms with E-state index < -0.39 is 0 Å². The van der Waals surface area contributed by atoms with Crippen LogP contribution in [-0.4, -0.2) is 74.8 Å². The van der Waals surface area contributed by atoms with Gasteiger partial charge < -0.3 is 24.6 Å². The average Bonchev–Trinajstić information content (AvgIpc) is 2.78. The maximum absolute atomic E-state index is 13.1. The highest BCUT2D eigenvalue weighted by Crippen LogP contribution is 2.31. The number of rotatable bonds is 8. The van der Waals surface area contributed by atoms with Crippen LogP contribution >= 0.6 is 0 Å². The third-order valence-electron chi connectivity index (χ3n) is 6.30. The predicted molar refractivity (Wildman–Crippen MR) is 117 cm³/mol. The molecule has 1 aromatic rings. The Labute approximate surface area is 179 Å². The second kappa shape index (κ2) is 11.3. The molecule has 0 aliphatic carbocycles. The maximum Gasteiger partial charge on any atom is 0.337 e. The number of amides is 2. The number of esters is 1. The number of methoxy groups -OCH3 is 2. The number of piperidine rings is 2. The van der Waals surface area contributed by atoms with E-state index in [2.05, 4.69) is 10.2 Å². The van der Waals surface area contributed by atoms with Gasteiger partial charge in [-0.1, -0.05) is 6.42 Å². The molecule has 2 aliphatic rings. The molecule has 2 heterocycles. The van der Waals surface area contributed by atoms with E-state index in [1.165, 1.54) is 52.3 Å².